The van der Waals surface area contributed by atoms with Crippen LogP contribution in [0.4, 0.5) is 5.69 Å². The maximum atomic E-state index is 10.9. The van der Waals surface area contributed by atoms with Crippen LogP contribution in [0, 0.1) is 0 Å². The molecular formula is C14H25NOSi. The third-order valence-corrected chi connectivity index (χ3v) is 8.35. The van der Waals surface area contributed by atoms with Crippen LogP contribution in [0.3, 0.4) is 0 Å². The minimum Gasteiger partial charge on any atom is -0.431 e. The van der Waals surface area contributed by atoms with Crippen molar-refractivity contribution in [3.05, 3.63) is 29.8 Å². The Kier molecular flexibility index (Phi) is 5.21. The second-order valence-electron chi connectivity index (χ2n) is 4.61. The number of rotatable bonds is 6. The van der Waals surface area contributed by atoms with Gasteiger partial charge in [0.05, 0.1) is 0 Å². The van der Waals surface area contributed by atoms with Gasteiger partial charge in [-0.2, -0.15) is 0 Å². The molecule has 0 spiro atoms. The molecule has 0 saturated carbocycles. The molecule has 0 bridgehead atoms. The first kappa shape index (κ1) is 14.3. The highest BCUT2D eigenvalue weighted by Gasteiger charge is 2.37. The minimum absolute atomic E-state index is 0.334. The van der Waals surface area contributed by atoms with E-state index in [-0.39, 0.29) is 0 Å². The van der Waals surface area contributed by atoms with Crippen molar-refractivity contribution >= 4 is 14.0 Å². The first-order valence-electron chi connectivity index (χ1n) is 6.61. The van der Waals surface area contributed by atoms with E-state index in [1.54, 1.807) is 0 Å². The molecule has 3 heteroatoms. The number of benzene rings is 1. The summed E-state index contributed by atoms with van der Waals surface area (Å²) >= 11 is 0. The summed E-state index contributed by atoms with van der Waals surface area (Å²) in [6.45, 7) is 6.43. The van der Waals surface area contributed by atoms with Crippen LogP contribution in [-0.4, -0.2) is 20.2 Å². The summed E-state index contributed by atoms with van der Waals surface area (Å²) in [6.07, 6.45) is 1.02. The molecule has 0 aliphatic rings. The van der Waals surface area contributed by atoms with Gasteiger partial charge in [0.15, 0.2) is 8.32 Å². The molecule has 1 aromatic rings. The van der Waals surface area contributed by atoms with Crippen LogP contribution in [0.25, 0.3) is 0 Å². The Bertz CT molecular complexity index is 350. The van der Waals surface area contributed by atoms with Gasteiger partial charge in [-0.15, -0.1) is 0 Å². The van der Waals surface area contributed by atoms with Crippen molar-refractivity contribution in [2.24, 2.45) is 0 Å². The molecule has 1 rings (SSSR count). The van der Waals surface area contributed by atoms with Gasteiger partial charge >= 0.3 is 0 Å². The van der Waals surface area contributed by atoms with Gasteiger partial charge in [0.25, 0.3) is 0 Å². The van der Waals surface area contributed by atoms with E-state index in [9.17, 15) is 4.80 Å². The molecule has 1 aromatic carbocycles. The zero-order valence-corrected chi connectivity index (χ0v) is 12.5. The Hall–Kier alpha value is -0.803. The lowest BCUT2D eigenvalue weighted by molar-refractivity contribution is 0.501. The Balaban J connectivity index is 3.17. The highest BCUT2D eigenvalue weighted by Crippen LogP contribution is 2.36. The van der Waals surface area contributed by atoms with Crippen molar-refractivity contribution in [2.75, 3.05) is 12.4 Å². The average molecular weight is 251 g/mol. The van der Waals surface area contributed by atoms with Gasteiger partial charge in [0.1, 0.15) is 0 Å². The number of para-hydroxylation sites is 1. The third kappa shape index (κ3) is 2.90. The number of hydrogen-bond acceptors (Lipinski definition) is 2. The first-order valence-corrected chi connectivity index (χ1v) is 9.05. The van der Waals surface area contributed by atoms with Crippen LogP contribution >= 0.6 is 0 Å². The highest BCUT2D eigenvalue weighted by atomic mass is 28.4. The maximum Gasteiger partial charge on any atom is 0.195 e. The van der Waals surface area contributed by atoms with E-state index in [0.717, 1.165) is 24.2 Å². The minimum atomic E-state index is -2.16. The number of nitrogens with one attached hydrogen (secondary N) is 1. The maximum absolute atomic E-state index is 10.9. The summed E-state index contributed by atoms with van der Waals surface area (Å²) in [5, 5.41) is 3.24. The van der Waals surface area contributed by atoms with Crippen molar-refractivity contribution in [3.63, 3.8) is 0 Å². The molecule has 0 heterocycles. The molecule has 17 heavy (non-hydrogen) atoms. The Morgan fingerprint density at radius 3 is 2.24 bits per heavy atom. The van der Waals surface area contributed by atoms with E-state index < -0.39 is 8.32 Å². The average Bonchev–Trinajstić information content (AvgIpc) is 2.39. The third-order valence-electron chi connectivity index (χ3n) is 3.89. The van der Waals surface area contributed by atoms with Gasteiger partial charge in [-0.05, 0) is 30.1 Å². The van der Waals surface area contributed by atoms with Crippen molar-refractivity contribution in [3.8, 4) is 0 Å². The normalized spacial score (nSPS) is 13.5. The summed E-state index contributed by atoms with van der Waals surface area (Å²) in [5.74, 6) is 0. The van der Waals surface area contributed by atoms with Crippen molar-refractivity contribution in [2.45, 2.75) is 44.8 Å². The van der Waals surface area contributed by atoms with E-state index in [1.165, 1.54) is 5.56 Å². The predicted octanol–water partition coefficient (Wildman–Crippen LogP) is 3.74. The molecule has 0 aliphatic carbocycles. The molecular weight excluding hydrogens is 226 g/mol. The highest BCUT2D eigenvalue weighted by molar-refractivity contribution is 6.73. The van der Waals surface area contributed by atoms with E-state index in [4.69, 9.17) is 0 Å². The summed E-state index contributed by atoms with van der Waals surface area (Å²) in [7, 11) is -0.207. The molecule has 1 unspecified atom stereocenters. The van der Waals surface area contributed by atoms with E-state index in [2.05, 4.69) is 44.3 Å². The largest absolute Gasteiger partial charge is 0.431 e. The lowest BCUT2D eigenvalue weighted by Crippen LogP contribution is -2.40. The predicted molar refractivity (Wildman–Crippen MR) is 78.0 cm³/mol. The fourth-order valence-corrected chi connectivity index (χ4v) is 5.74. The number of anilines is 1. The fourth-order valence-electron chi connectivity index (χ4n) is 2.66. The molecule has 2 nitrogen and oxygen atoms in total. The topological polar surface area (TPSA) is 32.3 Å². The van der Waals surface area contributed by atoms with E-state index in [1.807, 2.05) is 13.1 Å². The van der Waals surface area contributed by atoms with Gasteiger partial charge in [0.2, 0.25) is 0 Å². The van der Waals surface area contributed by atoms with Gasteiger partial charge < -0.3 is 10.1 Å². The molecule has 0 fully saturated rings. The second kappa shape index (κ2) is 6.22. The summed E-state index contributed by atoms with van der Waals surface area (Å²) < 4.78 is 0. The van der Waals surface area contributed by atoms with Crippen LogP contribution in [0.1, 0.15) is 38.3 Å². The standard InChI is InChI=1S/C14H25NOSi/c1-5-14(17(16,6-2)7-3)12-10-8-9-11-13(12)15-4/h8-11,14-16H,5-7H2,1-4H3. The summed E-state index contributed by atoms with van der Waals surface area (Å²) in [4.78, 5) is 10.9. The SMILES string of the molecule is CCC(c1ccccc1NC)[Si](O)(CC)CC. The van der Waals surface area contributed by atoms with E-state index in [0.29, 0.717) is 5.54 Å². The Labute approximate surface area is 106 Å². The quantitative estimate of drug-likeness (QED) is 0.755. The summed E-state index contributed by atoms with van der Waals surface area (Å²) in [5.41, 5.74) is 2.78. The van der Waals surface area contributed by atoms with Gasteiger partial charge in [-0.3, -0.25) is 0 Å². The van der Waals surface area contributed by atoms with Crippen LogP contribution in [0.15, 0.2) is 24.3 Å². The molecule has 1 atom stereocenters. The summed E-state index contributed by atoms with van der Waals surface area (Å²) in [6, 6.07) is 10.2. The molecule has 0 saturated heterocycles. The lowest BCUT2D eigenvalue weighted by atomic mass is 10.1. The smallest absolute Gasteiger partial charge is 0.195 e. The molecule has 0 radical (unpaired) electrons. The van der Waals surface area contributed by atoms with Crippen molar-refractivity contribution in [1.29, 1.82) is 0 Å². The fraction of sp³-hybridized carbons (Fsp3) is 0.571. The molecule has 2 N–H and O–H groups in total. The van der Waals surface area contributed by atoms with Gasteiger partial charge in [0, 0.05) is 18.3 Å². The number of hydrogen-bond donors (Lipinski definition) is 2. The van der Waals surface area contributed by atoms with Crippen LogP contribution < -0.4 is 5.32 Å². The Morgan fingerprint density at radius 1 is 1.18 bits per heavy atom. The van der Waals surface area contributed by atoms with E-state index >= 15 is 0 Å². The molecule has 0 aromatic heterocycles. The zero-order valence-electron chi connectivity index (χ0n) is 11.5. The van der Waals surface area contributed by atoms with Crippen molar-refractivity contribution in [1.82, 2.24) is 0 Å². The van der Waals surface area contributed by atoms with Crippen molar-refractivity contribution < 1.29 is 4.80 Å². The molecule has 0 aliphatic heterocycles. The van der Waals surface area contributed by atoms with Gasteiger partial charge in [-0.25, -0.2) is 0 Å². The van der Waals surface area contributed by atoms with Gasteiger partial charge in [-0.1, -0.05) is 39.0 Å². The second-order valence-corrected chi connectivity index (χ2v) is 8.93. The zero-order chi connectivity index (χ0) is 12.9. The molecule has 0 amide bonds. The lowest BCUT2D eigenvalue weighted by Gasteiger charge is -2.33. The molecule has 96 valence electrons. The first-order chi connectivity index (χ1) is 8.12. The van der Waals surface area contributed by atoms with Crippen LogP contribution in [0.2, 0.25) is 12.1 Å². The van der Waals surface area contributed by atoms with Crippen LogP contribution in [0.5, 0.6) is 0 Å². The Morgan fingerprint density at radius 2 is 1.76 bits per heavy atom. The van der Waals surface area contributed by atoms with Crippen LogP contribution in [-0.2, 0) is 0 Å². The monoisotopic (exact) mass is 251 g/mol.